The summed E-state index contributed by atoms with van der Waals surface area (Å²) < 4.78 is 38.1. The molecule has 2 heterocycles. The highest BCUT2D eigenvalue weighted by molar-refractivity contribution is 7.88. The fraction of sp³-hybridized carbons (Fsp3) is 0.412. The van der Waals surface area contributed by atoms with Crippen LogP contribution in [-0.2, 0) is 23.0 Å². The van der Waals surface area contributed by atoms with E-state index in [1.807, 2.05) is 29.2 Å². The van der Waals surface area contributed by atoms with Crippen molar-refractivity contribution in [1.82, 2.24) is 19.8 Å². The van der Waals surface area contributed by atoms with Crippen molar-refractivity contribution in [2.24, 2.45) is 0 Å². The van der Waals surface area contributed by atoms with Gasteiger partial charge >= 0.3 is 0 Å². The fourth-order valence-electron chi connectivity index (χ4n) is 2.76. The summed E-state index contributed by atoms with van der Waals surface area (Å²) in [5.41, 5.74) is 1.98. The molecule has 1 aliphatic rings. The molecule has 0 bridgehead atoms. The van der Waals surface area contributed by atoms with Gasteiger partial charge in [-0.25, -0.2) is 17.5 Å². The first-order valence-corrected chi connectivity index (χ1v) is 11.0. The minimum absolute atomic E-state index is 0.0867. The fourth-order valence-corrected chi connectivity index (χ4v) is 4.11. The minimum Gasteiger partial charge on any atom is -0.290 e. The van der Waals surface area contributed by atoms with Crippen molar-refractivity contribution in [3.8, 4) is 10.6 Å². The summed E-state index contributed by atoms with van der Waals surface area (Å²) in [6.45, 7) is 2.11. The molecular formula is C17H21FN4O2S2. The Morgan fingerprint density at radius 1 is 1.35 bits per heavy atom. The van der Waals surface area contributed by atoms with Crippen LogP contribution in [0.3, 0.4) is 0 Å². The van der Waals surface area contributed by atoms with Gasteiger partial charge in [-0.3, -0.25) is 4.90 Å². The molecule has 2 aromatic rings. The zero-order chi connectivity index (χ0) is 18.6. The number of rotatable bonds is 7. The van der Waals surface area contributed by atoms with Crippen LogP contribution < -0.4 is 4.72 Å². The third kappa shape index (κ3) is 5.66. The Balaban J connectivity index is 1.63. The molecule has 0 aliphatic carbocycles. The highest BCUT2D eigenvalue weighted by Crippen LogP contribution is 2.26. The Kier molecular flexibility index (Phi) is 6.13. The van der Waals surface area contributed by atoms with Crippen LogP contribution in [0.2, 0.25) is 0 Å². The van der Waals surface area contributed by atoms with Crippen molar-refractivity contribution in [1.29, 1.82) is 0 Å². The first kappa shape index (κ1) is 19.1. The molecule has 1 N–H and O–H groups in total. The lowest BCUT2D eigenvalue weighted by Gasteiger charge is -2.22. The number of benzene rings is 1. The van der Waals surface area contributed by atoms with Gasteiger partial charge in [0, 0.05) is 18.7 Å². The van der Waals surface area contributed by atoms with Gasteiger partial charge < -0.3 is 0 Å². The molecule has 3 rings (SSSR count). The number of nitrogens with one attached hydrogen (secondary N) is 1. The van der Waals surface area contributed by atoms with Crippen LogP contribution in [0.25, 0.3) is 10.6 Å². The van der Waals surface area contributed by atoms with Crippen LogP contribution >= 0.6 is 11.3 Å². The van der Waals surface area contributed by atoms with Crippen LogP contribution in [-0.4, -0.2) is 49.4 Å². The Labute approximate surface area is 156 Å². The standard InChI is InChI=1S/C17H21FN4O2S2/c1-26(23,24)19-8-7-13-4-2-5-14(10-13)17-21-20-16(25-17)12-22-9-3-6-15(18)11-22/h2,4-6,10,19H,3,7-9,11-12H2,1H3. The van der Waals surface area contributed by atoms with Crippen LogP contribution in [0.4, 0.5) is 4.39 Å². The predicted molar refractivity (Wildman–Crippen MR) is 101 cm³/mol. The van der Waals surface area contributed by atoms with Crippen molar-refractivity contribution >= 4 is 21.4 Å². The van der Waals surface area contributed by atoms with Gasteiger partial charge in [-0.15, -0.1) is 10.2 Å². The number of hydrogen-bond acceptors (Lipinski definition) is 6. The van der Waals surface area contributed by atoms with Crippen LogP contribution in [0, 0.1) is 0 Å². The molecule has 140 valence electrons. The monoisotopic (exact) mass is 396 g/mol. The summed E-state index contributed by atoms with van der Waals surface area (Å²) in [6, 6.07) is 7.84. The van der Waals surface area contributed by atoms with Gasteiger partial charge in [0.2, 0.25) is 10.0 Å². The van der Waals surface area contributed by atoms with E-state index in [4.69, 9.17) is 0 Å². The molecular weight excluding hydrogens is 375 g/mol. The first-order chi connectivity index (χ1) is 12.4. The minimum atomic E-state index is -3.18. The van der Waals surface area contributed by atoms with E-state index in [1.54, 1.807) is 6.08 Å². The molecule has 0 spiro atoms. The second-order valence-electron chi connectivity index (χ2n) is 6.27. The van der Waals surface area contributed by atoms with Crippen LogP contribution in [0.1, 0.15) is 17.0 Å². The van der Waals surface area contributed by atoms with Crippen molar-refractivity contribution in [2.45, 2.75) is 19.4 Å². The number of halogens is 1. The van der Waals surface area contributed by atoms with Gasteiger partial charge in [0.05, 0.1) is 19.3 Å². The molecule has 0 unspecified atom stereocenters. The first-order valence-electron chi connectivity index (χ1n) is 8.32. The van der Waals surface area contributed by atoms with E-state index in [-0.39, 0.29) is 5.83 Å². The van der Waals surface area contributed by atoms with E-state index in [1.165, 1.54) is 11.3 Å². The summed E-state index contributed by atoms with van der Waals surface area (Å²) in [5, 5.41) is 10.2. The molecule has 0 saturated carbocycles. The number of sulfonamides is 1. The molecule has 26 heavy (non-hydrogen) atoms. The van der Waals surface area contributed by atoms with Crippen molar-refractivity contribution in [3.63, 3.8) is 0 Å². The van der Waals surface area contributed by atoms with Crippen LogP contribution in [0.15, 0.2) is 36.2 Å². The van der Waals surface area contributed by atoms with E-state index in [0.717, 1.165) is 40.4 Å². The summed E-state index contributed by atoms with van der Waals surface area (Å²) >= 11 is 1.50. The summed E-state index contributed by atoms with van der Waals surface area (Å²) in [4.78, 5) is 2.02. The molecule has 0 saturated heterocycles. The number of hydrogen-bond donors (Lipinski definition) is 1. The molecule has 0 fully saturated rings. The summed E-state index contributed by atoms with van der Waals surface area (Å²) in [5.74, 6) is -0.0867. The van der Waals surface area contributed by atoms with Gasteiger partial charge in [0.25, 0.3) is 0 Å². The van der Waals surface area contributed by atoms with Gasteiger partial charge in [0.15, 0.2) is 0 Å². The van der Waals surface area contributed by atoms with E-state index in [0.29, 0.717) is 26.1 Å². The van der Waals surface area contributed by atoms with Gasteiger partial charge in [-0.1, -0.05) is 35.6 Å². The Morgan fingerprint density at radius 2 is 2.19 bits per heavy atom. The number of aromatic nitrogens is 2. The third-order valence-corrected chi connectivity index (χ3v) is 5.65. The molecule has 1 aromatic carbocycles. The Bertz CT molecular complexity index is 896. The average Bonchev–Trinajstić information content (AvgIpc) is 3.02. The predicted octanol–water partition coefficient (Wildman–Crippen LogP) is 2.36. The average molecular weight is 397 g/mol. The molecule has 0 atom stereocenters. The highest BCUT2D eigenvalue weighted by atomic mass is 32.2. The zero-order valence-electron chi connectivity index (χ0n) is 14.5. The highest BCUT2D eigenvalue weighted by Gasteiger charge is 2.15. The summed E-state index contributed by atoms with van der Waals surface area (Å²) in [7, 11) is -3.18. The van der Waals surface area contributed by atoms with Crippen molar-refractivity contribution < 1.29 is 12.8 Å². The Morgan fingerprint density at radius 3 is 2.96 bits per heavy atom. The molecule has 9 heteroatoms. The van der Waals surface area contributed by atoms with E-state index >= 15 is 0 Å². The second kappa shape index (κ2) is 8.34. The molecule has 0 amide bonds. The molecule has 1 aromatic heterocycles. The zero-order valence-corrected chi connectivity index (χ0v) is 16.1. The van der Waals surface area contributed by atoms with Gasteiger partial charge in [-0.2, -0.15) is 0 Å². The molecule has 1 aliphatic heterocycles. The van der Waals surface area contributed by atoms with Crippen molar-refractivity contribution in [3.05, 3.63) is 46.7 Å². The topological polar surface area (TPSA) is 75.2 Å². The molecule has 0 radical (unpaired) electrons. The largest absolute Gasteiger partial charge is 0.290 e. The molecule has 6 nitrogen and oxygen atoms in total. The lowest BCUT2D eigenvalue weighted by atomic mass is 10.1. The maximum absolute atomic E-state index is 13.4. The van der Waals surface area contributed by atoms with Crippen molar-refractivity contribution in [2.75, 3.05) is 25.9 Å². The normalized spacial score (nSPS) is 15.8. The maximum atomic E-state index is 13.4. The lowest BCUT2D eigenvalue weighted by molar-refractivity contribution is 0.258. The second-order valence-corrected chi connectivity index (χ2v) is 9.16. The van der Waals surface area contributed by atoms with E-state index in [9.17, 15) is 12.8 Å². The van der Waals surface area contributed by atoms with Gasteiger partial charge in [0.1, 0.15) is 15.8 Å². The van der Waals surface area contributed by atoms with Gasteiger partial charge in [-0.05, 0) is 24.5 Å². The lowest BCUT2D eigenvalue weighted by Crippen LogP contribution is -2.28. The van der Waals surface area contributed by atoms with E-state index < -0.39 is 10.0 Å². The quantitative estimate of drug-likeness (QED) is 0.778. The number of nitrogens with zero attached hydrogens (tertiary/aromatic N) is 3. The Hall–Kier alpha value is -1.68. The van der Waals surface area contributed by atoms with Crippen LogP contribution in [0.5, 0.6) is 0 Å². The smallest absolute Gasteiger partial charge is 0.208 e. The summed E-state index contributed by atoms with van der Waals surface area (Å²) in [6.07, 6.45) is 4.11. The maximum Gasteiger partial charge on any atom is 0.208 e. The SMILES string of the molecule is CS(=O)(=O)NCCc1cccc(-c2nnc(CN3CCC=C(F)C3)s2)c1. The van der Waals surface area contributed by atoms with E-state index in [2.05, 4.69) is 14.9 Å². The third-order valence-electron chi connectivity index (χ3n) is 3.96.